The Kier molecular flexibility index (Phi) is 7.04. The van der Waals surface area contributed by atoms with Crippen LogP contribution in [-0.2, 0) is 0 Å². The van der Waals surface area contributed by atoms with Gasteiger partial charge in [0, 0.05) is 0 Å². The average molecular weight is 403 g/mol. The summed E-state index contributed by atoms with van der Waals surface area (Å²) >= 11 is -1.90. The van der Waals surface area contributed by atoms with E-state index in [9.17, 15) is 0 Å². The van der Waals surface area contributed by atoms with Crippen LogP contribution in [0, 0.1) is 0 Å². The molecule has 1 rings (SSSR count). The molecule has 1 aliphatic heterocycles. The Morgan fingerprint density at radius 1 is 0.810 bits per heavy atom. The summed E-state index contributed by atoms with van der Waals surface area (Å²) in [4.78, 5) is 0. The van der Waals surface area contributed by atoms with Gasteiger partial charge in [0.05, 0.1) is 0 Å². The molecule has 3 nitrogen and oxygen atoms in total. The van der Waals surface area contributed by atoms with Crippen LogP contribution in [0.2, 0.25) is 0 Å². The standard InChI is InChI=1S/C11H24N2.C6H14N.Sn/c1-8-9(12-10(2,3)4)13-11(5,6)7;1-3-5-7-6-4-2;/h9H,8H2,1-7H3;3-6H2,1-2H3;/q-2;-1;+3. The Hall–Kier alpha value is 0.679. The molecule has 0 amide bonds. The van der Waals surface area contributed by atoms with Crippen molar-refractivity contribution < 1.29 is 0 Å². The van der Waals surface area contributed by atoms with Crippen molar-refractivity contribution in [2.75, 3.05) is 13.1 Å². The van der Waals surface area contributed by atoms with Gasteiger partial charge in [-0.15, -0.1) is 0 Å². The van der Waals surface area contributed by atoms with Gasteiger partial charge >= 0.3 is 142 Å². The topological polar surface area (TPSA) is 9.72 Å². The molecular formula is C17H38N3Sn. The van der Waals surface area contributed by atoms with E-state index in [1.165, 1.54) is 32.4 Å². The van der Waals surface area contributed by atoms with E-state index in [1.54, 1.807) is 0 Å². The molecule has 21 heavy (non-hydrogen) atoms. The van der Waals surface area contributed by atoms with Crippen molar-refractivity contribution in [3.05, 3.63) is 0 Å². The first kappa shape index (κ1) is 19.7. The summed E-state index contributed by atoms with van der Waals surface area (Å²) in [6.45, 7) is 24.0. The SMILES string of the molecule is CCC[N](CCC)[Sn]1[N](C(C)(C)C)C(CC)[N]1C(C)(C)C. The van der Waals surface area contributed by atoms with Gasteiger partial charge in [-0.05, 0) is 0 Å². The van der Waals surface area contributed by atoms with Gasteiger partial charge in [0.15, 0.2) is 0 Å². The maximum absolute atomic E-state index is 2.92. The molecule has 0 aromatic heterocycles. The van der Waals surface area contributed by atoms with Crippen molar-refractivity contribution in [2.45, 2.75) is 98.8 Å². The minimum absolute atomic E-state index is 0.303. The van der Waals surface area contributed by atoms with Gasteiger partial charge < -0.3 is 0 Å². The molecule has 0 aromatic rings. The van der Waals surface area contributed by atoms with Crippen molar-refractivity contribution >= 4 is 20.6 Å². The first-order valence-corrected chi connectivity index (χ1v) is 12.6. The van der Waals surface area contributed by atoms with Crippen LogP contribution in [-0.4, -0.2) is 60.3 Å². The van der Waals surface area contributed by atoms with Gasteiger partial charge in [0.2, 0.25) is 0 Å². The van der Waals surface area contributed by atoms with E-state index in [0.717, 1.165) is 0 Å². The number of hydrogen-bond donors (Lipinski definition) is 0. The molecule has 0 unspecified atom stereocenters. The summed E-state index contributed by atoms with van der Waals surface area (Å²) in [5.41, 5.74) is 0.605. The van der Waals surface area contributed by atoms with Crippen LogP contribution in [0.25, 0.3) is 0 Å². The predicted molar refractivity (Wildman–Crippen MR) is 95.2 cm³/mol. The van der Waals surface area contributed by atoms with Crippen LogP contribution in [0.3, 0.4) is 0 Å². The third-order valence-corrected chi connectivity index (χ3v) is 15.0. The van der Waals surface area contributed by atoms with Gasteiger partial charge in [0.1, 0.15) is 0 Å². The second-order valence-corrected chi connectivity index (χ2v) is 14.5. The van der Waals surface area contributed by atoms with Gasteiger partial charge in [-0.1, -0.05) is 0 Å². The molecule has 1 fully saturated rings. The molecule has 1 saturated heterocycles. The Bertz CT molecular complexity index is 291. The molecule has 1 aliphatic rings. The molecule has 0 spiro atoms. The van der Waals surface area contributed by atoms with Gasteiger partial charge in [-0.2, -0.15) is 0 Å². The number of nitrogens with zero attached hydrogens (tertiary/aromatic N) is 3. The molecule has 4 heteroatoms. The van der Waals surface area contributed by atoms with Gasteiger partial charge in [-0.3, -0.25) is 0 Å². The molecule has 1 heterocycles. The maximum atomic E-state index is 2.92. The number of hydrogen-bond acceptors (Lipinski definition) is 3. The molecule has 1 radical (unpaired) electrons. The van der Waals surface area contributed by atoms with E-state index in [1.807, 2.05) is 0 Å². The summed E-state index contributed by atoms with van der Waals surface area (Å²) in [6.07, 6.45) is 4.44. The van der Waals surface area contributed by atoms with Crippen molar-refractivity contribution in [2.24, 2.45) is 0 Å². The van der Waals surface area contributed by atoms with Gasteiger partial charge in [0.25, 0.3) is 0 Å². The molecule has 0 aliphatic carbocycles. The van der Waals surface area contributed by atoms with Crippen LogP contribution in [0.15, 0.2) is 0 Å². The first-order valence-electron chi connectivity index (χ1n) is 8.80. The van der Waals surface area contributed by atoms with E-state index in [-0.39, 0.29) is 0 Å². The molecule has 0 saturated carbocycles. The summed E-state index contributed by atoms with van der Waals surface area (Å²) in [6, 6.07) is 0. The van der Waals surface area contributed by atoms with Gasteiger partial charge in [-0.25, -0.2) is 0 Å². The summed E-state index contributed by atoms with van der Waals surface area (Å²) in [5, 5.41) is 0. The normalized spacial score (nSPS) is 20.3. The Morgan fingerprint density at radius 2 is 1.19 bits per heavy atom. The summed E-state index contributed by atoms with van der Waals surface area (Å²) < 4.78 is 8.72. The molecule has 0 bridgehead atoms. The van der Waals surface area contributed by atoms with E-state index in [2.05, 4.69) is 71.7 Å². The fourth-order valence-electron chi connectivity index (χ4n) is 3.46. The van der Waals surface area contributed by atoms with Crippen LogP contribution >= 0.6 is 0 Å². The molecule has 0 atom stereocenters. The zero-order chi connectivity index (χ0) is 16.4. The van der Waals surface area contributed by atoms with Crippen molar-refractivity contribution in [1.29, 1.82) is 0 Å². The quantitative estimate of drug-likeness (QED) is 0.620. The van der Waals surface area contributed by atoms with Crippen molar-refractivity contribution in [1.82, 2.24) is 9.36 Å². The Labute approximate surface area is 141 Å². The molecule has 0 N–H and O–H groups in total. The Morgan fingerprint density at radius 3 is 1.43 bits per heavy atom. The number of rotatable bonds is 6. The molecular weight excluding hydrogens is 365 g/mol. The fourth-order valence-corrected chi connectivity index (χ4v) is 14.4. The predicted octanol–water partition coefficient (Wildman–Crippen LogP) is 4.04. The van der Waals surface area contributed by atoms with E-state index < -0.39 is 20.6 Å². The van der Waals surface area contributed by atoms with E-state index >= 15 is 0 Å². The third kappa shape index (κ3) is 4.36. The van der Waals surface area contributed by atoms with Crippen molar-refractivity contribution in [3.8, 4) is 0 Å². The summed E-state index contributed by atoms with van der Waals surface area (Å²) in [7, 11) is 0. The molecule has 125 valence electrons. The second kappa shape index (κ2) is 7.50. The van der Waals surface area contributed by atoms with Crippen LogP contribution in [0.4, 0.5) is 0 Å². The zero-order valence-corrected chi connectivity index (χ0v) is 18.8. The molecule has 0 aromatic carbocycles. The van der Waals surface area contributed by atoms with E-state index in [0.29, 0.717) is 17.2 Å². The van der Waals surface area contributed by atoms with Crippen LogP contribution in [0.1, 0.15) is 81.6 Å². The van der Waals surface area contributed by atoms with Crippen molar-refractivity contribution in [3.63, 3.8) is 0 Å². The third-order valence-electron chi connectivity index (χ3n) is 4.11. The summed E-state index contributed by atoms with van der Waals surface area (Å²) in [5.74, 6) is 0. The second-order valence-electron chi connectivity index (χ2n) is 8.26. The first-order chi connectivity index (χ1) is 9.59. The van der Waals surface area contributed by atoms with Crippen LogP contribution in [0.5, 0.6) is 0 Å². The monoisotopic (exact) mass is 404 g/mol. The Balaban J connectivity index is 3.11. The fraction of sp³-hybridized carbons (Fsp3) is 1.00. The van der Waals surface area contributed by atoms with E-state index in [4.69, 9.17) is 0 Å². The zero-order valence-electron chi connectivity index (χ0n) is 16.0. The average Bonchev–Trinajstić information content (AvgIpc) is 2.24. The van der Waals surface area contributed by atoms with Crippen LogP contribution < -0.4 is 0 Å². The minimum atomic E-state index is -1.90.